The van der Waals surface area contributed by atoms with Crippen LogP contribution in [0.5, 0.6) is 11.5 Å². The Morgan fingerprint density at radius 2 is 1.71 bits per heavy atom. The van der Waals surface area contributed by atoms with E-state index in [0.717, 1.165) is 24.3 Å². The SMILES string of the molecule is COC1=CCCC(Nc2ncnc(-c3cccnc3Nc3c(Cl)c(OC)cc(OC)c3Cl)n2)=C1. The molecule has 1 aromatic carbocycles. The Hall–Kier alpha value is -3.56. The minimum absolute atomic E-state index is 0.286. The lowest BCUT2D eigenvalue weighted by atomic mass is 10.1. The van der Waals surface area contributed by atoms with Crippen molar-refractivity contribution in [2.24, 2.45) is 0 Å². The zero-order valence-electron chi connectivity index (χ0n) is 18.7. The number of nitrogens with one attached hydrogen (secondary N) is 2. The summed E-state index contributed by atoms with van der Waals surface area (Å²) >= 11 is 13.0. The number of anilines is 3. The lowest BCUT2D eigenvalue weighted by Crippen LogP contribution is -2.08. The number of ether oxygens (including phenoxy) is 3. The van der Waals surface area contributed by atoms with Gasteiger partial charge in [-0.3, -0.25) is 0 Å². The molecule has 1 aliphatic carbocycles. The molecule has 0 saturated heterocycles. The van der Waals surface area contributed by atoms with Crippen LogP contribution in [-0.4, -0.2) is 41.3 Å². The Bertz CT molecular complexity index is 1240. The van der Waals surface area contributed by atoms with Gasteiger partial charge in [0.1, 0.15) is 39.4 Å². The van der Waals surface area contributed by atoms with Crippen LogP contribution in [0.4, 0.5) is 17.5 Å². The fourth-order valence-corrected chi connectivity index (χ4v) is 3.94. The molecule has 34 heavy (non-hydrogen) atoms. The summed E-state index contributed by atoms with van der Waals surface area (Å²) in [6.07, 6.45) is 8.71. The van der Waals surface area contributed by atoms with E-state index in [1.165, 1.54) is 20.5 Å². The predicted molar refractivity (Wildman–Crippen MR) is 132 cm³/mol. The first-order valence-electron chi connectivity index (χ1n) is 10.3. The Kier molecular flexibility index (Phi) is 7.34. The summed E-state index contributed by atoms with van der Waals surface area (Å²) in [7, 11) is 4.66. The van der Waals surface area contributed by atoms with Crippen LogP contribution in [0.1, 0.15) is 12.8 Å². The molecule has 0 spiro atoms. The highest BCUT2D eigenvalue weighted by Gasteiger charge is 2.20. The van der Waals surface area contributed by atoms with E-state index in [9.17, 15) is 0 Å². The molecule has 0 amide bonds. The highest BCUT2D eigenvalue weighted by molar-refractivity contribution is 6.41. The first-order valence-corrected chi connectivity index (χ1v) is 11.0. The van der Waals surface area contributed by atoms with Crippen LogP contribution < -0.4 is 20.1 Å². The molecule has 0 atom stereocenters. The van der Waals surface area contributed by atoms with Gasteiger partial charge in [-0.25, -0.2) is 15.0 Å². The number of hydrogen-bond acceptors (Lipinski definition) is 9. The molecule has 176 valence electrons. The van der Waals surface area contributed by atoms with E-state index in [-0.39, 0.29) is 10.0 Å². The van der Waals surface area contributed by atoms with Crippen LogP contribution in [0.15, 0.2) is 54.3 Å². The number of allylic oxidation sites excluding steroid dienone is 3. The van der Waals surface area contributed by atoms with E-state index in [1.54, 1.807) is 25.4 Å². The lowest BCUT2D eigenvalue weighted by molar-refractivity contribution is 0.303. The van der Waals surface area contributed by atoms with Gasteiger partial charge in [0.25, 0.3) is 0 Å². The van der Waals surface area contributed by atoms with Crippen molar-refractivity contribution >= 4 is 40.7 Å². The van der Waals surface area contributed by atoms with E-state index in [2.05, 4.69) is 30.6 Å². The van der Waals surface area contributed by atoms with Crippen molar-refractivity contribution in [1.29, 1.82) is 0 Å². The molecule has 2 heterocycles. The second-order valence-electron chi connectivity index (χ2n) is 7.09. The second kappa shape index (κ2) is 10.6. The van der Waals surface area contributed by atoms with Crippen LogP contribution in [0.3, 0.4) is 0 Å². The van der Waals surface area contributed by atoms with Gasteiger partial charge < -0.3 is 24.8 Å². The average molecular weight is 501 g/mol. The third-order valence-electron chi connectivity index (χ3n) is 5.02. The molecule has 3 aromatic rings. The van der Waals surface area contributed by atoms with Crippen LogP contribution in [-0.2, 0) is 4.74 Å². The quantitative estimate of drug-likeness (QED) is 0.407. The molecule has 0 saturated carbocycles. The van der Waals surface area contributed by atoms with Gasteiger partial charge in [0.05, 0.1) is 32.6 Å². The van der Waals surface area contributed by atoms with Crippen molar-refractivity contribution < 1.29 is 14.2 Å². The molecule has 4 rings (SSSR count). The topological polar surface area (TPSA) is 103 Å². The van der Waals surface area contributed by atoms with Gasteiger partial charge in [-0.05, 0) is 37.1 Å². The van der Waals surface area contributed by atoms with Crippen molar-refractivity contribution in [1.82, 2.24) is 19.9 Å². The number of halogens is 2. The molecule has 0 aliphatic heterocycles. The summed E-state index contributed by atoms with van der Waals surface area (Å²) in [4.78, 5) is 17.6. The summed E-state index contributed by atoms with van der Waals surface area (Å²) in [5.74, 6) is 2.86. The fraction of sp³-hybridized carbons (Fsp3) is 0.217. The summed E-state index contributed by atoms with van der Waals surface area (Å²) in [5, 5.41) is 6.99. The number of rotatable bonds is 8. The van der Waals surface area contributed by atoms with Crippen molar-refractivity contribution in [2.75, 3.05) is 32.0 Å². The first kappa shape index (κ1) is 23.6. The molecule has 0 unspecified atom stereocenters. The summed E-state index contributed by atoms with van der Waals surface area (Å²) in [6.45, 7) is 0. The normalized spacial score (nSPS) is 13.0. The number of hydrogen-bond donors (Lipinski definition) is 2. The second-order valence-corrected chi connectivity index (χ2v) is 7.84. The van der Waals surface area contributed by atoms with E-state index in [1.807, 2.05) is 18.2 Å². The van der Waals surface area contributed by atoms with Crippen molar-refractivity contribution in [3.63, 3.8) is 0 Å². The number of methoxy groups -OCH3 is 3. The summed E-state index contributed by atoms with van der Waals surface area (Å²) < 4.78 is 16.0. The van der Waals surface area contributed by atoms with Crippen LogP contribution in [0.25, 0.3) is 11.4 Å². The molecule has 1 aliphatic rings. The van der Waals surface area contributed by atoms with Crippen LogP contribution in [0, 0.1) is 0 Å². The smallest absolute Gasteiger partial charge is 0.230 e. The zero-order chi connectivity index (χ0) is 24.1. The van der Waals surface area contributed by atoms with Crippen LogP contribution in [0.2, 0.25) is 10.0 Å². The highest BCUT2D eigenvalue weighted by Crippen LogP contribution is 2.45. The maximum atomic E-state index is 6.52. The predicted octanol–water partition coefficient (Wildman–Crippen LogP) is 5.62. The molecule has 11 heteroatoms. The van der Waals surface area contributed by atoms with Gasteiger partial charge in [-0.1, -0.05) is 23.2 Å². The Labute approximate surface area is 206 Å². The first-order chi connectivity index (χ1) is 16.5. The number of nitrogens with zero attached hydrogens (tertiary/aromatic N) is 4. The van der Waals surface area contributed by atoms with E-state index >= 15 is 0 Å². The lowest BCUT2D eigenvalue weighted by Gasteiger charge is -2.17. The third kappa shape index (κ3) is 5.00. The minimum atomic E-state index is 0.286. The van der Waals surface area contributed by atoms with Gasteiger partial charge in [-0.2, -0.15) is 4.98 Å². The van der Waals surface area contributed by atoms with Crippen LogP contribution >= 0.6 is 23.2 Å². The number of aromatic nitrogens is 4. The Morgan fingerprint density at radius 1 is 0.941 bits per heavy atom. The molecule has 2 aromatic heterocycles. The number of pyridine rings is 1. The summed E-state index contributed by atoms with van der Waals surface area (Å²) in [5.41, 5.74) is 1.96. The van der Waals surface area contributed by atoms with Gasteiger partial charge in [0.2, 0.25) is 5.95 Å². The molecule has 0 fully saturated rings. The molecular weight excluding hydrogens is 479 g/mol. The molecule has 0 radical (unpaired) electrons. The monoisotopic (exact) mass is 500 g/mol. The molecule has 9 nitrogen and oxygen atoms in total. The van der Waals surface area contributed by atoms with Crippen molar-refractivity contribution in [2.45, 2.75) is 12.8 Å². The Balaban J connectivity index is 1.68. The zero-order valence-corrected chi connectivity index (χ0v) is 20.2. The molecule has 0 bridgehead atoms. The molecular formula is C23H22Cl2N6O3. The average Bonchev–Trinajstić information content (AvgIpc) is 2.87. The fourth-order valence-electron chi connectivity index (χ4n) is 3.34. The third-order valence-corrected chi connectivity index (χ3v) is 5.77. The largest absolute Gasteiger partial charge is 0.497 e. The maximum absolute atomic E-state index is 6.52. The van der Waals surface area contributed by atoms with E-state index in [0.29, 0.717) is 40.3 Å². The van der Waals surface area contributed by atoms with Crippen molar-refractivity contribution in [3.05, 3.63) is 64.4 Å². The highest BCUT2D eigenvalue weighted by atomic mass is 35.5. The van der Waals surface area contributed by atoms with Gasteiger partial charge in [0, 0.05) is 18.0 Å². The summed E-state index contributed by atoms with van der Waals surface area (Å²) in [6, 6.07) is 5.23. The maximum Gasteiger partial charge on any atom is 0.230 e. The van der Waals surface area contributed by atoms with Crippen molar-refractivity contribution in [3.8, 4) is 22.9 Å². The molecule has 2 N–H and O–H groups in total. The van der Waals surface area contributed by atoms with E-state index < -0.39 is 0 Å². The number of benzene rings is 1. The van der Waals surface area contributed by atoms with Gasteiger partial charge >= 0.3 is 0 Å². The standard InChI is InChI=1S/C23H22Cl2N6O3/c1-32-14-7-4-6-13(10-14)29-23-28-12-27-22(31-23)15-8-5-9-26-21(15)30-20-18(24)16(33-2)11-17(34-3)19(20)25/h5,7-12H,4,6H2,1-3H3,(H,26,30)(H,27,28,29,31). The van der Waals surface area contributed by atoms with Gasteiger partial charge in [0.15, 0.2) is 5.82 Å². The van der Waals surface area contributed by atoms with Gasteiger partial charge in [-0.15, -0.1) is 0 Å². The Morgan fingerprint density at radius 3 is 2.41 bits per heavy atom. The van der Waals surface area contributed by atoms with E-state index in [4.69, 9.17) is 37.4 Å². The minimum Gasteiger partial charge on any atom is -0.497 e.